The highest BCUT2D eigenvalue weighted by Crippen LogP contribution is 2.26. The maximum Gasteiger partial charge on any atom is 0.346 e. The molecule has 0 N–H and O–H groups in total. The van der Waals surface area contributed by atoms with Crippen LogP contribution in [-0.2, 0) is 19.4 Å². The summed E-state index contributed by atoms with van der Waals surface area (Å²) in [5.74, 6) is 0.0458. The fourth-order valence-corrected chi connectivity index (χ4v) is 4.19. The molecule has 0 saturated heterocycles. The molecule has 0 saturated carbocycles. The summed E-state index contributed by atoms with van der Waals surface area (Å²) in [6.07, 6.45) is 12.6. The zero-order valence-corrected chi connectivity index (χ0v) is 20.1. The lowest BCUT2D eigenvalue weighted by Gasteiger charge is -2.10. The number of fused-ring (bicyclic) bond motifs is 1. The van der Waals surface area contributed by atoms with Gasteiger partial charge >= 0.3 is 5.63 Å². The number of benzene rings is 2. The second-order valence-electron chi connectivity index (χ2n) is 8.92. The zero-order valence-electron chi connectivity index (χ0n) is 20.1. The average Bonchev–Trinajstić information content (AvgIpc) is 2.81. The quantitative estimate of drug-likeness (QED) is 0.232. The molecule has 33 heavy (non-hydrogen) atoms. The highest BCUT2D eigenvalue weighted by atomic mass is 19.1. The summed E-state index contributed by atoms with van der Waals surface area (Å²) >= 11 is 0. The fraction of sp³-hybridized carbons (Fsp3) is 0.483. The number of ether oxygens (including phenoxy) is 1. The molecule has 3 nitrogen and oxygen atoms in total. The van der Waals surface area contributed by atoms with E-state index in [1.807, 2.05) is 12.1 Å². The van der Waals surface area contributed by atoms with Gasteiger partial charge in [0, 0.05) is 6.42 Å². The van der Waals surface area contributed by atoms with Crippen LogP contribution in [0.5, 0.6) is 5.75 Å². The molecule has 2 aromatic carbocycles. The molecule has 0 radical (unpaired) electrons. The molecule has 1 aromatic heterocycles. The SMILES string of the molecule is CCCCCCCCCCc1cc2ccc(OCc3ccc(CCC)cc3)c(F)c2c(=O)o1. The third kappa shape index (κ3) is 7.45. The van der Waals surface area contributed by atoms with Gasteiger partial charge < -0.3 is 9.15 Å². The summed E-state index contributed by atoms with van der Waals surface area (Å²) < 4.78 is 26.1. The van der Waals surface area contributed by atoms with Crippen molar-refractivity contribution in [1.82, 2.24) is 0 Å². The van der Waals surface area contributed by atoms with E-state index in [4.69, 9.17) is 9.15 Å². The van der Waals surface area contributed by atoms with Crippen molar-refractivity contribution in [3.05, 3.63) is 75.6 Å². The maximum absolute atomic E-state index is 15.0. The largest absolute Gasteiger partial charge is 0.486 e. The van der Waals surface area contributed by atoms with Crippen LogP contribution in [0.3, 0.4) is 0 Å². The minimum atomic E-state index is -0.650. The summed E-state index contributed by atoms with van der Waals surface area (Å²) in [7, 11) is 0. The molecule has 1 heterocycles. The first-order valence-corrected chi connectivity index (χ1v) is 12.6. The fourth-order valence-electron chi connectivity index (χ4n) is 4.19. The number of halogens is 1. The first kappa shape index (κ1) is 25.0. The Morgan fingerprint density at radius 2 is 1.45 bits per heavy atom. The van der Waals surface area contributed by atoms with Gasteiger partial charge in [-0.25, -0.2) is 9.18 Å². The predicted molar refractivity (Wildman–Crippen MR) is 134 cm³/mol. The maximum atomic E-state index is 15.0. The van der Waals surface area contributed by atoms with E-state index in [0.717, 1.165) is 31.2 Å². The highest BCUT2D eigenvalue weighted by Gasteiger charge is 2.15. The lowest BCUT2D eigenvalue weighted by molar-refractivity contribution is 0.291. The Bertz CT molecular complexity index is 1050. The molecule has 0 aliphatic heterocycles. The van der Waals surface area contributed by atoms with Crippen LogP contribution < -0.4 is 10.4 Å². The Kier molecular flexibility index (Phi) is 9.99. The van der Waals surface area contributed by atoms with Crippen LogP contribution in [0.1, 0.15) is 88.5 Å². The second kappa shape index (κ2) is 13.2. The highest BCUT2D eigenvalue weighted by molar-refractivity contribution is 5.83. The number of aryl methyl sites for hydroxylation is 2. The van der Waals surface area contributed by atoms with Crippen LogP contribution in [0.25, 0.3) is 10.8 Å². The summed E-state index contributed by atoms with van der Waals surface area (Å²) in [5.41, 5.74) is 1.61. The van der Waals surface area contributed by atoms with Gasteiger partial charge in [-0.15, -0.1) is 0 Å². The van der Waals surface area contributed by atoms with Crippen molar-refractivity contribution in [2.24, 2.45) is 0 Å². The Morgan fingerprint density at radius 3 is 2.15 bits per heavy atom. The van der Waals surface area contributed by atoms with Crippen molar-refractivity contribution in [1.29, 1.82) is 0 Å². The Labute approximate surface area is 197 Å². The summed E-state index contributed by atoms with van der Waals surface area (Å²) in [4.78, 5) is 12.5. The topological polar surface area (TPSA) is 39.4 Å². The van der Waals surface area contributed by atoms with Gasteiger partial charge in [-0.05, 0) is 41.5 Å². The summed E-state index contributed by atoms with van der Waals surface area (Å²) in [6.45, 7) is 4.62. The van der Waals surface area contributed by atoms with Crippen LogP contribution in [0.15, 0.2) is 51.7 Å². The standard InChI is InChI=1S/C29H37FO3/c1-3-5-6-7-8-9-10-11-13-25-20-24-18-19-26(28(30)27(24)29(31)33-25)32-21-23-16-14-22(12-4-2)15-17-23/h14-20H,3-13,21H2,1-2H3. The molecule has 0 amide bonds. The van der Waals surface area contributed by atoms with Crippen molar-refractivity contribution < 1.29 is 13.5 Å². The third-order valence-corrected chi connectivity index (χ3v) is 6.12. The van der Waals surface area contributed by atoms with E-state index < -0.39 is 11.4 Å². The van der Waals surface area contributed by atoms with Gasteiger partial charge in [0.1, 0.15) is 17.8 Å². The Morgan fingerprint density at radius 1 is 0.788 bits per heavy atom. The van der Waals surface area contributed by atoms with Crippen LogP contribution in [-0.4, -0.2) is 0 Å². The molecule has 0 atom stereocenters. The van der Waals surface area contributed by atoms with Gasteiger partial charge in [-0.3, -0.25) is 0 Å². The van der Waals surface area contributed by atoms with E-state index in [1.54, 1.807) is 18.2 Å². The van der Waals surface area contributed by atoms with Gasteiger partial charge in [0.25, 0.3) is 0 Å². The van der Waals surface area contributed by atoms with Crippen LogP contribution >= 0.6 is 0 Å². The smallest absolute Gasteiger partial charge is 0.346 e. The molecule has 3 rings (SSSR count). The van der Waals surface area contributed by atoms with E-state index in [-0.39, 0.29) is 17.7 Å². The minimum absolute atomic E-state index is 0.0366. The molecular formula is C29H37FO3. The van der Waals surface area contributed by atoms with Crippen molar-refractivity contribution in [3.63, 3.8) is 0 Å². The number of rotatable bonds is 14. The number of hydrogen-bond acceptors (Lipinski definition) is 3. The molecule has 0 fully saturated rings. The molecule has 0 aliphatic carbocycles. The molecular weight excluding hydrogens is 415 g/mol. The van der Waals surface area contributed by atoms with Gasteiger partial charge in [0.05, 0.1) is 0 Å². The van der Waals surface area contributed by atoms with E-state index in [9.17, 15) is 4.79 Å². The first-order chi connectivity index (χ1) is 16.1. The van der Waals surface area contributed by atoms with E-state index in [2.05, 4.69) is 26.0 Å². The van der Waals surface area contributed by atoms with Crippen LogP contribution in [0, 0.1) is 5.82 Å². The normalized spacial score (nSPS) is 11.2. The predicted octanol–water partition coefficient (Wildman–Crippen LogP) is 8.15. The molecule has 3 aromatic rings. The van der Waals surface area contributed by atoms with Gasteiger partial charge in [0.2, 0.25) is 0 Å². The van der Waals surface area contributed by atoms with E-state index >= 15 is 4.39 Å². The molecule has 0 bridgehead atoms. The minimum Gasteiger partial charge on any atom is -0.486 e. The molecule has 178 valence electrons. The van der Waals surface area contributed by atoms with Crippen LogP contribution in [0.4, 0.5) is 4.39 Å². The molecule has 0 aliphatic rings. The van der Waals surface area contributed by atoms with Crippen molar-refractivity contribution in [3.8, 4) is 5.75 Å². The lowest BCUT2D eigenvalue weighted by atomic mass is 10.1. The van der Waals surface area contributed by atoms with Crippen molar-refractivity contribution >= 4 is 10.8 Å². The summed E-state index contributed by atoms with van der Waals surface area (Å²) in [6, 6.07) is 13.3. The lowest BCUT2D eigenvalue weighted by Crippen LogP contribution is -2.06. The van der Waals surface area contributed by atoms with Gasteiger partial charge in [-0.1, -0.05) is 95.5 Å². The van der Waals surface area contributed by atoms with Crippen molar-refractivity contribution in [2.75, 3.05) is 0 Å². The molecule has 0 spiro atoms. The van der Waals surface area contributed by atoms with Crippen LogP contribution in [0.2, 0.25) is 0 Å². The number of unbranched alkanes of at least 4 members (excludes halogenated alkanes) is 7. The first-order valence-electron chi connectivity index (χ1n) is 12.6. The average molecular weight is 453 g/mol. The molecule has 4 heteroatoms. The van der Waals surface area contributed by atoms with E-state index in [1.165, 1.54) is 44.1 Å². The Hall–Kier alpha value is -2.62. The van der Waals surface area contributed by atoms with E-state index in [0.29, 0.717) is 17.6 Å². The zero-order chi connectivity index (χ0) is 23.5. The van der Waals surface area contributed by atoms with Gasteiger partial charge in [0.15, 0.2) is 11.6 Å². The monoisotopic (exact) mass is 452 g/mol. The Balaban J connectivity index is 1.57. The number of hydrogen-bond donors (Lipinski definition) is 0. The second-order valence-corrected chi connectivity index (χ2v) is 8.92. The van der Waals surface area contributed by atoms with Crippen molar-refractivity contribution in [2.45, 2.75) is 91.1 Å². The summed E-state index contributed by atoms with van der Waals surface area (Å²) in [5, 5.41) is 0.528. The molecule has 0 unspecified atom stereocenters. The third-order valence-electron chi connectivity index (χ3n) is 6.12. The van der Waals surface area contributed by atoms with Gasteiger partial charge in [-0.2, -0.15) is 0 Å².